The molecule has 2 aromatic heterocycles. The fraction of sp³-hybridized carbons (Fsp3) is 0.250. The van der Waals surface area contributed by atoms with E-state index in [1.54, 1.807) is 6.07 Å². The van der Waals surface area contributed by atoms with Crippen molar-refractivity contribution in [1.29, 1.82) is 0 Å². The summed E-state index contributed by atoms with van der Waals surface area (Å²) < 4.78 is 30.2. The fourth-order valence-electron chi connectivity index (χ4n) is 4.01. The number of rotatable bonds is 2. The molecule has 6 nitrogen and oxygen atoms in total. The molecule has 0 amide bonds. The number of nitrogens with zero attached hydrogens (tertiary/aromatic N) is 4. The molecule has 3 heterocycles. The van der Waals surface area contributed by atoms with Crippen LogP contribution in [0.1, 0.15) is 12.8 Å². The number of piperidine rings is 1. The van der Waals surface area contributed by atoms with Gasteiger partial charge in [0.25, 0.3) is 0 Å². The zero-order valence-corrected chi connectivity index (χ0v) is 17.3. The van der Waals surface area contributed by atoms with Crippen LogP contribution in [0.15, 0.2) is 24.5 Å². The summed E-state index contributed by atoms with van der Waals surface area (Å²) in [5, 5.41) is 0.866. The Kier molecular flexibility index (Phi) is 4.68. The predicted octanol–water partition coefficient (Wildman–Crippen LogP) is 4.35. The average molecular weight is 447 g/mol. The molecule has 154 valence electrons. The molecule has 10 heteroatoms. The van der Waals surface area contributed by atoms with Crippen LogP contribution in [0, 0.1) is 11.6 Å². The van der Waals surface area contributed by atoms with Crippen molar-refractivity contribution in [2.45, 2.75) is 18.9 Å². The molecule has 0 radical (unpaired) electrons. The van der Waals surface area contributed by atoms with Crippen molar-refractivity contribution >= 4 is 55.0 Å². The van der Waals surface area contributed by atoms with Gasteiger partial charge in [-0.25, -0.2) is 23.7 Å². The molecule has 4 N–H and O–H groups in total. The molecule has 1 atom stereocenters. The van der Waals surface area contributed by atoms with E-state index in [1.807, 2.05) is 4.90 Å². The largest absolute Gasteiger partial charge is 0.375 e. The molecular formula is C20H17ClF2N6S. The van der Waals surface area contributed by atoms with Crippen LogP contribution in [0.3, 0.4) is 0 Å². The average Bonchev–Trinajstić information content (AvgIpc) is 3.12. The topological polar surface area (TPSA) is 94.0 Å². The maximum absolute atomic E-state index is 15.7. The number of nitrogens with two attached hydrogens (primary N) is 2. The van der Waals surface area contributed by atoms with Gasteiger partial charge in [-0.05, 0) is 31.0 Å². The second kappa shape index (κ2) is 7.26. The quantitative estimate of drug-likeness (QED) is 0.475. The van der Waals surface area contributed by atoms with Crippen LogP contribution in [0.2, 0.25) is 5.02 Å². The Hall–Kier alpha value is -2.62. The number of halogens is 3. The van der Waals surface area contributed by atoms with Crippen molar-refractivity contribution in [1.82, 2.24) is 15.0 Å². The van der Waals surface area contributed by atoms with E-state index in [9.17, 15) is 4.39 Å². The number of benzene rings is 2. The van der Waals surface area contributed by atoms with Crippen molar-refractivity contribution < 1.29 is 8.78 Å². The summed E-state index contributed by atoms with van der Waals surface area (Å²) in [6.45, 7) is 1.40. The molecule has 0 saturated carbocycles. The molecule has 0 spiro atoms. The van der Waals surface area contributed by atoms with E-state index in [4.69, 9.17) is 23.1 Å². The summed E-state index contributed by atoms with van der Waals surface area (Å²) in [5.74, 6) is -0.474. The third-order valence-corrected chi connectivity index (χ3v) is 6.53. The third-order valence-electron chi connectivity index (χ3n) is 5.34. The first-order valence-corrected chi connectivity index (χ1v) is 10.6. The summed E-state index contributed by atoms with van der Waals surface area (Å²) in [6.07, 6.45) is 3.20. The van der Waals surface area contributed by atoms with E-state index in [-0.39, 0.29) is 37.5 Å². The lowest BCUT2D eigenvalue weighted by Crippen LogP contribution is -2.43. The standard InChI is InChI=1S/C20H17ClF2N6S/c21-12-6-11-16(26-8-27-19(11)29-5-1-2-9(24)7-29)15(23)14(12)10-3-4-13(22)18-17(10)28-20(25)30-18/h3-4,6,8-9H,1-2,5,7,24H2,(H2,25,28). The second-order valence-corrected chi connectivity index (χ2v) is 8.75. The number of anilines is 2. The van der Waals surface area contributed by atoms with Gasteiger partial charge in [-0.1, -0.05) is 22.9 Å². The first-order chi connectivity index (χ1) is 14.4. The van der Waals surface area contributed by atoms with Gasteiger partial charge in [0, 0.05) is 35.6 Å². The van der Waals surface area contributed by atoms with Gasteiger partial charge in [0.05, 0.1) is 15.2 Å². The smallest absolute Gasteiger partial charge is 0.181 e. The maximum atomic E-state index is 15.7. The van der Waals surface area contributed by atoms with E-state index in [0.29, 0.717) is 23.3 Å². The van der Waals surface area contributed by atoms with Gasteiger partial charge in [0.15, 0.2) is 10.9 Å². The minimum absolute atomic E-state index is 0.0333. The number of hydrogen-bond donors (Lipinski definition) is 2. The molecule has 1 unspecified atom stereocenters. The highest BCUT2D eigenvalue weighted by atomic mass is 35.5. The Labute approximate surface area is 179 Å². The van der Waals surface area contributed by atoms with Gasteiger partial charge in [-0.2, -0.15) is 0 Å². The normalized spacial score (nSPS) is 17.2. The summed E-state index contributed by atoms with van der Waals surface area (Å²) >= 11 is 7.55. The highest BCUT2D eigenvalue weighted by Gasteiger charge is 2.25. The Morgan fingerprint density at radius 3 is 2.83 bits per heavy atom. The Bertz CT molecular complexity index is 1290. The summed E-state index contributed by atoms with van der Waals surface area (Å²) in [7, 11) is 0. The first kappa shape index (κ1) is 19.3. The number of aromatic nitrogens is 3. The highest BCUT2D eigenvalue weighted by Crippen LogP contribution is 2.42. The molecule has 4 aromatic rings. The molecule has 30 heavy (non-hydrogen) atoms. The van der Waals surface area contributed by atoms with Crippen LogP contribution in [-0.4, -0.2) is 34.1 Å². The summed E-state index contributed by atoms with van der Waals surface area (Å²) in [4.78, 5) is 14.8. The third kappa shape index (κ3) is 3.05. The minimum Gasteiger partial charge on any atom is -0.375 e. The highest BCUT2D eigenvalue weighted by molar-refractivity contribution is 7.22. The predicted molar refractivity (Wildman–Crippen MR) is 117 cm³/mol. The van der Waals surface area contributed by atoms with E-state index >= 15 is 4.39 Å². The Balaban J connectivity index is 1.74. The second-order valence-electron chi connectivity index (χ2n) is 7.31. The monoisotopic (exact) mass is 446 g/mol. The maximum Gasteiger partial charge on any atom is 0.181 e. The van der Waals surface area contributed by atoms with E-state index in [0.717, 1.165) is 30.7 Å². The molecule has 1 aliphatic heterocycles. The van der Waals surface area contributed by atoms with Crippen molar-refractivity contribution in [3.05, 3.63) is 41.2 Å². The van der Waals surface area contributed by atoms with Gasteiger partial charge in [-0.3, -0.25) is 0 Å². The molecule has 5 rings (SSSR count). The zero-order valence-electron chi connectivity index (χ0n) is 15.7. The number of thiazole rings is 1. The van der Waals surface area contributed by atoms with Crippen LogP contribution >= 0.6 is 22.9 Å². The van der Waals surface area contributed by atoms with E-state index < -0.39 is 11.6 Å². The van der Waals surface area contributed by atoms with Crippen LogP contribution in [0.5, 0.6) is 0 Å². The lowest BCUT2D eigenvalue weighted by atomic mass is 10.0. The molecule has 1 fully saturated rings. The van der Waals surface area contributed by atoms with Gasteiger partial charge in [0.2, 0.25) is 0 Å². The van der Waals surface area contributed by atoms with Crippen LogP contribution in [0.4, 0.5) is 19.7 Å². The van der Waals surface area contributed by atoms with Gasteiger partial charge < -0.3 is 16.4 Å². The van der Waals surface area contributed by atoms with Gasteiger partial charge in [-0.15, -0.1) is 0 Å². The molecule has 0 aliphatic carbocycles. The van der Waals surface area contributed by atoms with Crippen LogP contribution in [0.25, 0.3) is 32.2 Å². The Morgan fingerprint density at radius 2 is 2.03 bits per heavy atom. The van der Waals surface area contributed by atoms with Gasteiger partial charge in [0.1, 0.15) is 23.5 Å². The molecule has 1 aliphatic rings. The zero-order chi connectivity index (χ0) is 21.0. The van der Waals surface area contributed by atoms with Crippen molar-refractivity contribution in [3.8, 4) is 11.1 Å². The fourth-order valence-corrected chi connectivity index (χ4v) is 5.07. The minimum atomic E-state index is -0.609. The van der Waals surface area contributed by atoms with Gasteiger partial charge >= 0.3 is 0 Å². The number of fused-ring (bicyclic) bond motifs is 2. The van der Waals surface area contributed by atoms with Crippen LogP contribution < -0.4 is 16.4 Å². The van der Waals surface area contributed by atoms with E-state index in [2.05, 4.69) is 15.0 Å². The SMILES string of the molecule is Nc1nc2c(-c3c(Cl)cc4c(N5CCCC(N)C5)ncnc4c3F)ccc(F)c2s1. The van der Waals surface area contributed by atoms with E-state index in [1.165, 1.54) is 18.5 Å². The Morgan fingerprint density at radius 1 is 1.20 bits per heavy atom. The molecule has 1 saturated heterocycles. The first-order valence-electron chi connectivity index (χ1n) is 9.42. The van der Waals surface area contributed by atoms with Crippen molar-refractivity contribution in [3.63, 3.8) is 0 Å². The van der Waals surface area contributed by atoms with Crippen molar-refractivity contribution in [2.75, 3.05) is 23.7 Å². The lowest BCUT2D eigenvalue weighted by molar-refractivity contribution is 0.504. The summed E-state index contributed by atoms with van der Waals surface area (Å²) in [6, 6.07) is 4.40. The number of hydrogen-bond acceptors (Lipinski definition) is 7. The molecular weight excluding hydrogens is 430 g/mol. The molecule has 0 bridgehead atoms. The van der Waals surface area contributed by atoms with Crippen LogP contribution in [-0.2, 0) is 0 Å². The lowest BCUT2D eigenvalue weighted by Gasteiger charge is -2.32. The van der Waals surface area contributed by atoms with Crippen molar-refractivity contribution in [2.24, 2.45) is 5.73 Å². The summed E-state index contributed by atoms with van der Waals surface area (Å²) in [5.41, 5.74) is 12.8. The molecule has 2 aromatic carbocycles. The number of nitrogen functional groups attached to an aromatic ring is 1.